The molecule has 0 aromatic rings. The lowest BCUT2D eigenvalue weighted by atomic mass is 9.72. The predicted molar refractivity (Wildman–Crippen MR) is 73.5 cm³/mol. The second kappa shape index (κ2) is 5.32. The average molecular weight is 249 g/mol. The molecule has 2 heterocycles. The molecule has 2 nitrogen and oxygen atoms in total. The van der Waals surface area contributed by atoms with E-state index in [9.17, 15) is 4.79 Å². The Hall–Kier alpha value is -0.370. The third kappa shape index (κ3) is 2.36. The number of nitrogens with zero attached hydrogens (tertiary/aromatic N) is 1. The zero-order valence-corrected chi connectivity index (χ0v) is 11.7. The largest absolute Gasteiger partial charge is 0.300 e. The maximum absolute atomic E-state index is 12.7. The minimum Gasteiger partial charge on any atom is -0.300 e. The summed E-state index contributed by atoms with van der Waals surface area (Å²) in [6.07, 6.45) is 12.6. The Morgan fingerprint density at radius 2 is 1.44 bits per heavy atom. The van der Waals surface area contributed by atoms with Crippen LogP contribution in [0.15, 0.2) is 0 Å². The van der Waals surface area contributed by atoms with Crippen molar-refractivity contribution in [3.05, 3.63) is 0 Å². The highest BCUT2D eigenvalue weighted by molar-refractivity contribution is 5.83. The molecule has 0 radical (unpaired) electrons. The topological polar surface area (TPSA) is 20.3 Å². The van der Waals surface area contributed by atoms with Gasteiger partial charge in [0.1, 0.15) is 5.78 Å². The molecule has 2 bridgehead atoms. The Balaban J connectivity index is 1.64. The summed E-state index contributed by atoms with van der Waals surface area (Å²) in [4.78, 5) is 15.2. The lowest BCUT2D eigenvalue weighted by Gasteiger charge is -2.47. The summed E-state index contributed by atoms with van der Waals surface area (Å²) >= 11 is 0. The Labute approximate surface area is 111 Å². The van der Waals surface area contributed by atoms with Crippen LogP contribution < -0.4 is 0 Å². The van der Waals surface area contributed by atoms with Crippen LogP contribution in [-0.4, -0.2) is 29.8 Å². The molecular formula is C16H27NO. The van der Waals surface area contributed by atoms with E-state index in [-0.39, 0.29) is 0 Å². The highest BCUT2D eigenvalue weighted by Crippen LogP contribution is 2.38. The van der Waals surface area contributed by atoms with Gasteiger partial charge in [-0.25, -0.2) is 0 Å². The molecule has 18 heavy (non-hydrogen) atoms. The van der Waals surface area contributed by atoms with Gasteiger partial charge in [-0.2, -0.15) is 0 Å². The zero-order chi connectivity index (χ0) is 12.5. The van der Waals surface area contributed by atoms with Crippen molar-refractivity contribution in [2.24, 2.45) is 11.8 Å². The molecule has 2 unspecified atom stereocenters. The molecule has 3 fully saturated rings. The van der Waals surface area contributed by atoms with Crippen LogP contribution in [0, 0.1) is 11.8 Å². The van der Waals surface area contributed by atoms with E-state index in [1.54, 1.807) is 0 Å². The molecule has 0 aromatic heterocycles. The maximum atomic E-state index is 12.7. The Morgan fingerprint density at radius 3 is 2.06 bits per heavy atom. The first-order valence-corrected chi connectivity index (χ1v) is 8.01. The lowest BCUT2D eigenvalue weighted by molar-refractivity contribution is -0.131. The fourth-order valence-electron chi connectivity index (χ4n) is 4.57. The van der Waals surface area contributed by atoms with Crippen LogP contribution >= 0.6 is 0 Å². The Kier molecular flexibility index (Phi) is 3.74. The fourth-order valence-corrected chi connectivity index (χ4v) is 4.57. The molecule has 2 atom stereocenters. The zero-order valence-electron chi connectivity index (χ0n) is 11.7. The number of fused-ring (bicyclic) bond motifs is 2. The monoisotopic (exact) mass is 249 g/mol. The van der Waals surface area contributed by atoms with Crippen LogP contribution in [0.3, 0.4) is 0 Å². The number of carbonyl (C=O) groups excluding carboxylic acids is 1. The minimum atomic E-state index is 0.402. The molecule has 0 amide bonds. The van der Waals surface area contributed by atoms with Gasteiger partial charge in [0.25, 0.3) is 0 Å². The van der Waals surface area contributed by atoms with Gasteiger partial charge in [0.2, 0.25) is 0 Å². The number of carbonyl (C=O) groups is 1. The number of piperidine rings is 2. The SMILES string of the molecule is CN1C2CCCC1CC(C(=O)C1CCCCC1)C2. The van der Waals surface area contributed by atoms with Crippen LogP contribution in [0.2, 0.25) is 0 Å². The normalized spacial score (nSPS) is 38.6. The van der Waals surface area contributed by atoms with Gasteiger partial charge >= 0.3 is 0 Å². The first-order chi connectivity index (χ1) is 8.75. The maximum Gasteiger partial charge on any atom is 0.139 e. The van der Waals surface area contributed by atoms with E-state index in [4.69, 9.17) is 0 Å². The Bertz CT molecular complexity index is 294. The van der Waals surface area contributed by atoms with Crippen LogP contribution in [0.5, 0.6) is 0 Å². The van der Waals surface area contributed by atoms with Crippen molar-refractivity contribution in [3.8, 4) is 0 Å². The van der Waals surface area contributed by atoms with Crippen molar-refractivity contribution in [1.29, 1.82) is 0 Å². The summed E-state index contributed by atoms with van der Waals surface area (Å²) in [6.45, 7) is 0. The molecule has 2 aliphatic heterocycles. The molecule has 0 spiro atoms. The molecule has 102 valence electrons. The number of hydrogen-bond acceptors (Lipinski definition) is 2. The van der Waals surface area contributed by atoms with Crippen molar-refractivity contribution < 1.29 is 4.79 Å². The summed E-state index contributed by atoms with van der Waals surface area (Å²) in [6, 6.07) is 1.41. The van der Waals surface area contributed by atoms with E-state index in [0.29, 0.717) is 29.7 Å². The second-order valence-corrected chi connectivity index (χ2v) is 6.81. The third-order valence-electron chi connectivity index (χ3n) is 5.75. The summed E-state index contributed by atoms with van der Waals surface area (Å²) in [5.74, 6) is 1.46. The van der Waals surface area contributed by atoms with Gasteiger partial charge in [-0.3, -0.25) is 4.79 Å². The summed E-state index contributed by atoms with van der Waals surface area (Å²) in [5, 5.41) is 0. The first-order valence-electron chi connectivity index (χ1n) is 8.01. The van der Waals surface area contributed by atoms with E-state index >= 15 is 0 Å². The van der Waals surface area contributed by atoms with Crippen molar-refractivity contribution in [2.75, 3.05) is 7.05 Å². The molecule has 2 saturated heterocycles. The standard InChI is InChI=1S/C16H27NO/c1-17-14-8-5-9-15(17)11-13(10-14)16(18)12-6-3-2-4-7-12/h12-15H,2-11H2,1H3. The number of rotatable bonds is 2. The van der Waals surface area contributed by atoms with Gasteiger partial charge in [0.15, 0.2) is 0 Å². The number of ketones is 1. The van der Waals surface area contributed by atoms with E-state index in [1.807, 2.05) is 0 Å². The Morgan fingerprint density at radius 1 is 0.833 bits per heavy atom. The molecule has 0 aromatic carbocycles. The number of Topliss-reactive ketones (excluding diaryl/α,β-unsaturated/α-hetero) is 1. The van der Waals surface area contributed by atoms with Crippen molar-refractivity contribution >= 4 is 5.78 Å². The van der Waals surface area contributed by atoms with E-state index in [1.165, 1.54) is 51.4 Å². The van der Waals surface area contributed by atoms with Crippen molar-refractivity contribution in [1.82, 2.24) is 4.90 Å². The third-order valence-corrected chi connectivity index (χ3v) is 5.75. The van der Waals surface area contributed by atoms with Gasteiger partial charge in [0, 0.05) is 23.9 Å². The predicted octanol–water partition coefficient (Wildman–Crippen LogP) is 3.40. The summed E-state index contributed by atoms with van der Waals surface area (Å²) in [7, 11) is 2.27. The molecule has 2 heteroatoms. The van der Waals surface area contributed by atoms with Gasteiger partial charge in [-0.1, -0.05) is 25.7 Å². The van der Waals surface area contributed by atoms with Crippen LogP contribution in [0.1, 0.15) is 64.2 Å². The second-order valence-electron chi connectivity index (χ2n) is 6.81. The van der Waals surface area contributed by atoms with Crippen LogP contribution in [0.4, 0.5) is 0 Å². The first kappa shape index (κ1) is 12.7. The highest BCUT2D eigenvalue weighted by atomic mass is 16.1. The number of hydrogen-bond donors (Lipinski definition) is 0. The van der Waals surface area contributed by atoms with Crippen LogP contribution in [0.25, 0.3) is 0 Å². The smallest absolute Gasteiger partial charge is 0.139 e. The summed E-state index contributed by atoms with van der Waals surface area (Å²) < 4.78 is 0. The van der Waals surface area contributed by atoms with Crippen molar-refractivity contribution in [3.63, 3.8) is 0 Å². The fraction of sp³-hybridized carbons (Fsp3) is 0.938. The average Bonchev–Trinajstić information content (AvgIpc) is 2.38. The quantitative estimate of drug-likeness (QED) is 0.747. The molecular weight excluding hydrogens is 222 g/mol. The minimum absolute atomic E-state index is 0.402. The molecule has 0 N–H and O–H groups in total. The molecule has 1 aliphatic carbocycles. The van der Waals surface area contributed by atoms with Gasteiger partial charge < -0.3 is 4.90 Å². The highest BCUT2D eigenvalue weighted by Gasteiger charge is 2.40. The van der Waals surface area contributed by atoms with E-state index < -0.39 is 0 Å². The molecule has 3 aliphatic rings. The molecule has 3 rings (SSSR count). The van der Waals surface area contributed by atoms with Gasteiger partial charge in [-0.05, 0) is 45.6 Å². The van der Waals surface area contributed by atoms with E-state index in [2.05, 4.69) is 11.9 Å². The van der Waals surface area contributed by atoms with Crippen molar-refractivity contribution in [2.45, 2.75) is 76.3 Å². The van der Waals surface area contributed by atoms with E-state index in [0.717, 1.165) is 12.8 Å². The lowest BCUT2D eigenvalue weighted by Crippen LogP contribution is -2.51. The van der Waals surface area contributed by atoms with Crippen LogP contribution in [-0.2, 0) is 4.79 Å². The van der Waals surface area contributed by atoms with Gasteiger partial charge in [0.05, 0.1) is 0 Å². The van der Waals surface area contributed by atoms with Gasteiger partial charge in [-0.15, -0.1) is 0 Å². The molecule has 1 saturated carbocycles. The summed E-state index contributed by atoms with van der Waals surface area (Å²) in [5.41, 5.74) is 0.